The average Bonchev–Trinajstić information content (AvgIpc) is 3.23. The third-order valence-electron chi connectivity index (χ3n) is 9.84. The molecule has 0 aromatic carbocycles. The Hall–Kier alpha value is -0.890. The third kappa shape index (κ3) is 53.1. The molecule has 0 aliphatic carbocycles. The SMILES string of the molecule is CCCCCCCCCCCCCCCC(=O)OCCOCCOCCOCCOCCOCCOCCOCCOCCOCCCCCCCCCCCCC. The molecule has 11 heteroatoms. The highest BCUT2D eigenvalue weighted by molar-refractivity contribution is 5.69. The Morgan fingerprint density at radius 2 is 0.448 bits per heavy atom. The fourth-order valence-corrected chi connectivity index (χ4v) is 6.30. The van der Waals surface area contributed by atoms with Gasteiger partial charge in [-0.05, 0) is 12.8 Å². The zero-order valence-corrected chi connectivity index (χ0v) is 38.1. The van der Waals surface area contributed by atoms with Crippen LogP contribution in [0.15, 0.2) is 0 Å². The van der Waals surface area contributed by atoms with Gasteiger partial charge in [-0.15, -0.1) is 0 Å². The highest BCUT2D eigenvalue weighted by atomic mass is 16.6. The Labute approximate surface area is 357 Å². The second-order valence-electron chi connectivity index (χ2n) is 15.3. The Morgan fingerprint density at radius 1 is 0.241 bits per heavy atom. The molecule has 0 amide bonds. The Kier molecular flexibility index (Phi) is 53.3. The van der Waals surface area contributed by atoms with Gasteiger partial charge in [-0.3, -0.25) is 4.79 Å². The van der Waals surface area contributed by atoms with Crippen molar-refractivity contribution < 1.29 is 52.2 Å². The highest BCUT2D eigenvalue weighted by Gasteiger charge is 2.03. The van der Waals surface area contributed by atoms with Crippen molar-refractivity contribution >= 4 is 5.97 Å². The van der Waals surface area contributed by atoms with E-state index in [0.717, 1.165) is 25.9 Å². The minimum absolute atomic E-state index is 0.127. The molecule has 58 heavy (non-hydrogen) atoms. The van der Waals surface area contributed by atoms with Crippen molar-refractivity contribution in [2.75, 3.05) is 126 Å². The molecule has 0 atom stereocenters. The van der Waals surface area contributed by atoms with Crippen LogP contribution in [-0.2, 0) is 52.2 Å². The fraction of sp³-hybridized carbons (Fsp3) is 0.979. The first-order valence-corrected chi connectivity index (χ1v) is 24.2. The Bertz CT molecular complexity index is 745. The summed E-state index contributed by atoms with van der Waals surface area (Å²) in [5.41, 5.74) is 0. The first kappa shape index (κ1) is 57.1. The van der Waals surface area contributed by atoms with Crippen molar-refractivity contribution in [1.82, 2.24) is 0 Å². The largest absolute Gasteiger partial charge is 0.463 e. The molecule has 0 aromatic heterocycles. The van der Waals surface area contributed by atoms with Crippen molar-refractivity contribution in [3.8, 4) is 0 Å². The van der Waals surface area contributed by atoms with Gasteiger partial charge in [0.25, 0.3) is 0 Å². The molecule has 0 aromatic rings. The molecule has 0 fully saturated rings. The first-order valence-electron chi connectivity index (χ1n) is 24.2. The summed E-state index contributed by atoms with van der Waals surface area (Å²) in [6, 6.07) is 0. The summed E-state index contributed by atoms with van der Waals surface area (Å²) < 4.78 is 55.1. The zero-order valence-electron chi connectivity index (χ0n) is 38.1. The second-order valence-corrected chi connectivity index (χ2v) is 15.3. The fourth-order valence-electron chi connectivity index (χ4n) is 6.30. The van der Waals surface area contributed by atoms with Gasteiger partial charge in [0.05, 0.1) is 112 Å². The lowest BCUT2D eigenvalue weighted by atomic mass is 10.0. The minimum Gasteiger partial charge on any atom is -0.463 e. The standard InChI is InChI=1S/C47H94O11/c1-3-5-7-9-11-13-15-16-17-19-21-23-25-27-47(48)58-46-45-57-44-43-56-42-41-55-40-39-54-38-37-53-36-35-52-34-33-51-32-31-50-30-29-49-28-26-24-22-20-18-14-12-10-8-6-4-2/h3-46H2,1-2H3. The summed E-state index contributed by atoms with van der Waals surface area (Å²) in [7, 11) is 0. The number of carbonyl (C=O) groups is 1. The molecule has 0 heterocycles. The highest BCUT2D eigenvalue weighted by Crippen LogP contribution is 2.14. The van der Waals surface area contributed by atoms with Crippen molar-refractivity contribution in [1.29, 1.82) is 0 Å². The predicted molar refractivity (Wildman–Crippen MR) is 235 cm³/mol. The second kappa shape index (κ2) is 54.1. The monoisotopic (exact) mass is 835 g/mol. The Morgan fingerprint density at radius 3 is 0.724 bits per heavy atom. The Balaban J connectivity index is 3.12. The van der Waals surface area contributed by atoms with Crippen LogP contribution >= 0.6 is 0 Å². The summed E-state index contributed by atoms with van der Waals surface area (Å²) in [5.74, 6) is -0.127. The van der Waals surface area contributed by atoms with E-state index in [1.807, 2.05) is 0 Å². The van der Waals surface area contributed by atoms with Crippen LogP contribution in [0.2, 0.25) is 0 Å². The molecule has 0 unspecified atom stereocenters. The number of ether oxygens (including phenoxy) is 10. The lowest BCUT2D eigenvalue weighted by Crippen LogP contribution is -2.15. The maximum Gasteiger partial charge on any atom is 0.305 e. The van der Waals surface area contributed by atoms with Crippen LogP contribution < -0.4 is 0 Å². The lowest BCUT2D eigenvalue weighted by molar-refractivity contribution is -0.145. The van der Waals surface area contributed by atoms with E-state index in [-0.39, 0.29) is 5.97 Å². The van der Waals surface area contributed by atoms with Crippen LogP contribution in [0.4, 0.5) is 0 Å². The molecular weight excluding hydrogens is 741 g/mol. The number of hydrogen-bond donors (Lipinski definition) is 0. The molecule has 348 valence electrons. The van der Waals surface area contributed by atoms with Crippen LogP contribution in [0, 0.1) is 0 Å². The van der Waals surface area contributed by atoms with Gasteiger partial charge in [-0.25, -0.2) is 0 Å². The topological polar surface area (TPSA) is 109 Å². The van der Waals surface area contributed by atoms with Gasteiger partial charge in [0, 0.05) is 13.0 Å². The van der Waals surface area contributed by atoms with Gasteiger partial charge in [0.15, 0.2) is 0 Å². The van der Waals surface area contributed by atoms with Gasteiger partial charge in [0.1, 0.15) is 6.61 Å². The quantitative estimate of drug-likeness (QED) is 0.0431. The maximum atomic E-state index is 11.9. The van der Waals surface area contributed by atoms with E-state index < -0.39 is 0 Å². The van der Waals surface area contributed by atoms with E-state index in [1.165, 1.54) is 135 Å². The summed E-state index contributed by atoms with van der Waals surface area (Å²) in [4.78, 5) is 11.9. The third-order valence-corrected chi connectivity index (χ3v) is 9.84. The van der Waals surface area contributed by atoms with Gasteiger partial charge in [0.2, 0.25) is 0 Å². The number of carbonyl (C=O) groups excluding carboxylic acids is 1. The summed E-state index contributed by atoms with van der Waals surface area (Å²) in [5, 5.41) is 0. The number of esters is 1. The zero-order chi connectivity index (χ0) is 41.8. The van der Waals surface area contributed by atoms with Crippen LogP contribution in [-0.4, -0.2) is 132 Å². The van der Waals surface area contributed by atoms with Gasteiger partial charge >= 0.3 is 5.97 Å². The smallest absolute Gasteiger partial charge is 0.305 e. The van der Waals surface area contributed by atoms with E-state index in [9.17, 15) is 4.79 Å². The van der Waals surface area contributed by atoms with Gasteiger partial charge < -0.3 is 47.4 Å². The summed E-state index contributed by atoms with van der Waals surface area (Å²) in [6.45, 7) is 14.5. The molecule has 0 N–H and O–H groups in total. The lowest BCUT2D eigenvalue weighted by Gasteiger charge is -2.09. The van der Waals surface area contributed by atoms with Gasteiger partial charge in [-0.2, -0.15) is 0 Å². The summed E-state index contributed by atoms with van der Waals surface area (Å²) >= 11 is 0. The van der Waals surface area contributed by atoms with Crippen LogP contribution in [0.3, 0.4) is 0 Å². The molecule has 11 nitrogen and oxygen atoms in total. The number of unbranched alkanes of at least 4 members (excludes halogenated alkanes) is 22. The van der Waals surface area contributed by atoms with E-state index >= 15 is 0 Å². The average molecular weight is 835 g/mol. The van der Waals surface area contributed by atoms with Crippen LogP contribution in [0.1, 0.15) is 174 Å². The molecular formula is C47H94O11. The molecule has 0 radical (unpaired) electrons. The summed E-state index contributed by atoms with van der Waals surface area (Å²) in [6.07, 6.45) is 32.2. The van der Waals surface area contributed by atoms with Crippen LogP contribution in [0.25, 0.3) is 0 Å². The minimum atomic E-state index is -0.127. The maximum absolute atomic E-state index is 11.9. The van der Waals surface area contributed by atoms with Crippen molar-refractivity contribution in [2.24, 2.45) is 0 Å². The van der Waals surface area contributed by atoms with E-state index in [0.29, 0.717) is 125 Å². The van der Waals surface area contributed by atoms with Gasteiger partial charge in [-0.1, -0.05) is 155 Å². The molecule has 0 rings (SSSR count). The number of rotatable bonds is 53. The molecule has 0 aliphatic heterocycles. The number of hydrogen-bond acceptors (Lipinski definition) is 11. The van der Waals surface area contributed by atoms with Crippen molar-refractivity contribution in [3.63, 3.8) is 0 Å². The predicted octanol–water partition coefficient (Wildman–Crippen LogP) is 10.5. The molecule has 0 saturated heterocycles. The molecule has 0 aliphatic rings. The van der Waals surface area contributed by atoms with Crippen LogP contribution in [0.5, 0.6) is 0 Å². The van der Waals surface area contributed by atoms with Crippen molar-refractivity contribution in [3.05, 3.63) is 0 Å². The first-order chi connectivity index (χ1) is 28.8. The molecule has 0 spiro atoms. The normalized spacial score (nSPS) is 11.6. The molecule has 0 bridgehead atoms. The van der Waals surface area contributed by atoms with Crippen molar-refractivity contribution in [2.45, 2.75) is 174 Å². The van der Waals surface area contributed by atoms with E-state index in [2.05, 4.69) is 13.8 Å². The van der Waals surface area contributed by atoms with E-state index in [1.54, 1.807) is 0 Å². The van der Waals surface area contributed by atoms with E-state index in [4.69, 9.17) is 47.4 Å². The molecule has 0 saturated carbocycles.